The van der Waals surface area contributed by atoms with Gasteiger partial charge in [0.2, 0.25) is 5.12 Å². The van der Waals surface area contributed by atoms with Crippen molar-refractivity contribution in [3.05, 3.63) is 0 Å². The van der Waals surface area contributed by atoms with E-state index in [4.69, 9.17) is 9.47 Å². The molecule has 2 nitrogen and oxygen atoms in total. The molecule has 2 bridgehead atoms. The fourth-order valence-corrected chi connectivity index (χ4v) is 5.41. The third-order valence-electron chi connectivity index (χ3n) is 4.93. The molecule has 3 heteroatoms. The Morgan fingerprint density at radius 1 is 1.05 bits per heavy atom. The van der Waals surface area contributed by atoms with Crippen molar-refractivity contribution in [1.82, 2.24) is 0 Å². The second kappa shape index (κ2) is 5.23. The van der Waals surface area contributed by atoms with Gasteiger partial charge in [0.15, 0.2) is 0 Å². The van der Waals surface area contributed by atoms with Crippen LogP contribution in [-0.2, 0) is 9.47 Å². The smallest absolute Gasteiger partial charge is 0.221 e. The summed E-state index contributed by atoms with van der Waals surface area (Å²) in [6, 6.07) is 0. The van der Waals surface area contributed by atoms with E-state index in [2.05, 4.69) is 20.8 Å². The molecular weight excluding hydrogens is 256 g/mol. The van der Waals surface area contributed by atoms with Gasteiger partial charge in [-0.05, 0) is 18.3 Å². The highest BCUT2D eigenvalue weighted by molar-refractivity contribution is 8.00. The van der Waals surface area contributed by atoms with Gasteiger partial charge in [-0.1, -0.05) is 58.2 Å². The van der Waals surface area contributed by atoms with Crippen LogP contribution in [0.1, 0.15) is 59.3 Å². The van der Waals surface area contributed by atoms with Crippen molar-refractivity contribution in [2.75, 3.05) is 12.4 Å². The van der Waals surface area contributed by atoms with Crippen molar-refractivity contribution in [2.24, 2.45) is 17.3 Å². The van der Waals surface area contributed by atoms with Gasteiger partial charge in [0.25, 0.3) is 0 Å². The van der Waals surface area contributed by atoms with E-state index in [1.807, 2.05) is 11.8 Å². The molecule has 4 rings (SSSR count). The van der Waals surface area contributed by atoms with Crippen LogP contribution in [0.3, 0.4) is 0 Å². The van der Waals surface area contributed by atoms with Crippen LogP contribution in [-0.4, -0.2) is 23.6 Å². The lowest BCUT2D eigenvalue weighted by molar-refractivity contribution is -0.305. The predicted octanol–water partition coefficient (Wildman–Crippen LogP) is 4.44. The molecule has 0 N–H and O–H groups in total. The second-order valence-electron chi connectivity index (χ2n) is 7.58. The first-order valence-corrected chi connectivity index (χ1v) is 8.95. The van der Waals surface area contributed by atoms with E-state index in [0.29, 0.717) is 17.9 Å². The molecule has 1 aliphatic carbocycles. The fourth-order valence-electron chi connectivity index (χ4n) is 3.90. The van der Waals surface area contributed by atoms with E-state index in [0.717, 1.165) is 6.61 Å². The van der Waals surface area contributed by atoms with Crippen molar-refractivity contribution >= 4 is 11.8 Å². The number of rotatable bonds is 1. The molecule has 0 aromatic heterocycles. The molecule has 0 aromatic rings. The molecule has 3 unspecified atom stereocenters. The first kappa shape index (κ1) is 14.2. The standard InChI is InChI=1S/C16H28O2S/c1-15(2,3)14-12-10-17-16(18-14,19-11-12)13-8-6-4-5-7-9-13/h12-14H,4-11H2,1-3H3. The van der Waals surface area contributed by atoms with E-state index in [-0.39, 0.29) is 10.5 Å². The summed E-state index contributed by atoms with van der Waals surface area (Å²) in [5.74, 6) is 2.40. The van der Waals surface area contributed by atoms with Crippen molar-refractivity contribution in [2.45, 2.75) is 70.5 Å². The van der Waals surface area contributed by atoms with Crippen LogP contribution in [0.25, 0.3) is 0 Å². The van der Waals surface area contributed by atoms with Crippen molar-refractivity contribution in [3.8, 4) is 0 Å². The van der Waals surface area contributed by atoms with E-state index in [1.54, 1.807) is 0 Å². The zero-order chi connectivity index (χ0) is 13.5. The monoisotopic (exact) mass is 284 g/mol. The summed E-state index contributed by atoms with van der Waals surface area (Å²) >= 11 is 1.95. The highest BCUT2D eigenvalue weighted by Crippen LogP contribution is 2.54. The van der Waals surface area contributed by atoms with E-state index < -0.39 is 0 Å². The minimum atomic E-state index is -0.308. The van der Waals surface area contributed by atoms with Gasteiger partial charge in [-0.2, -0.15) is 0 Å². The SMILES string of the molecule is CC(C)(C)C1OC2(C3CCCCCC3)OCC1CS2. The average molecular weight is 284 g/mol. The number of thioether (sulfide) groups is 1. The lowest BCUT2D eigenvalue weighted by Gasteiger charge is -2.55. The summed E-state index contributed by atoms with van der Waals surface area (Å²) in [7, 11) is 0. The van der Waals surface area contributed by atoms with Crippen LogP contribution >= 0.6 is 11.8 Å². The van der Waals surface area contributed by atoms with Crippen LogP contribution in [0.2, 0.25) is 0 Å². The van der Waals surface area contributed by atoms with Crippen LogP contribution in [0, 0.1) is 17.3 Å². The molecule has 3 saturated heterocycles. The average Bonchev–Trinajstić information content (AvgIpc) is 2.68. The Kier molecular flexibility index (Phi) is 3.92. The molecule has 3 aliphatic heterocycles. The molecule has 4 aliphatic rings. The molecule has 1 saturated carbocycles. The Morgan fingerprint density at radius 3 is 2.26 bits per heavy atom. The quantitative estimate of drug-likeness (QED) is 0.663. The molecule has 19 heavy (non-hydrogen) atoms. The van der Waals surface area contributed by atoms with Crippen LogP contribution in [0.15, 0.2) is 0 Å². The maximum atomic E-state index is 6.57. The number of hydrogen-bond donors (Lipinski definition) is 0. The van der Waals surface area contributed by atoms with Gasteiger partial charge in [-0.15, -0.1) is 0 Å². The maximum Gasteiger partial charge on any atom is 0.221 e. The molecule has 0 spiro atoms. The third-order valence-corrected chi connectivity index (χ3v) is 6.47. The normalized spacial score (nSPS) is 41.2. The van der Waals surface area contributed by atoms with Gasteiger partial charge in [0, 0.05) is 17.6 Å². The predicted molar refractivity (Wildman–Crippen MR) is 80.2 cm³/mol. The zero-order valence-electron chi connectivity index (χ0n) is 12.6. The summed E-state index contributed by atoms with van der Waals surface area (Å²) < 4.78 is 12.8. The second-order valence-corrected chi connectivity index (χ2v) is 8.77. The van der Waals surface area contributed by atoms with Crippen molar-refractivity contribution in [3.63, 3.8) is 0 Å². The lowest BCUT2D eigenvalue weighted by Crippen LogP contribution is -2.60. The summed E-state index contributed by atoms with van der Waals surface area (Å²) in [6.07, 6.45) is 8.42. The summed E-state index contributed by atoms with van der Waals surface area (Å²) in [5, 5.41) is -0.308. The van der Waals surface area contributed by atoms with Gasteiger partial charge < -0.3 is 9.47 Å². The Balaban J connectivity index is 1.78. The summed E-state index contributed by atoms with van der Waals surface area (Å²) in [4.78, 5) is 0. The van der Waals surface area contributed by atoms with Crippen LogP contribution in [0.5, 0.6) is 0 Å². The Morgan fingerprint density at radius 2 is 1.74 bits per heavy atom. The highest BCUT2D eigenvalue weighted by atomic mass is 32.2. The Labute approximate surface area is 122 Å². The number of hydrogen-bond acceptors (Lipinski definition) is 3. The molecule has 0 aromatic carbocycles. The highest BCUT2D eigenvalue weighted by Gasteiger charge is 2.55. The summed E-state index contributed by atoms with van der Waals surface area (Å²) in [5.41, 5.74) is 0.228. The van der Waals surface area contributed by atoms with E-state index in [1.165, 1.54) is 44.3 Å². The topological polar surface area (TPSA) is 18.5 Å². The number of ether oxygens (including phenoxy) is 2. The molecule has 0 radical (unpaired) electrons. The van der Waals surface area contributed by atoms with E-state index >= 15 is 0 Å². The summed E-state index contributed by atoms with van der Waals surface area (Å²) in [6.45, 7) is 7.84. The minimum absolute atomic E-state index is 0.228. The maximum absolute atomic E-state index is 6.57. The first-order valence-electron chi connectivity index (χ1n) is 7.97. The van der Waals surface area contributed by atoms with Gasteiger partial charge >= 0.3 is 0 Å². The Bertz CT molecular complexity index is 307. The largest absolute Gasteiger partial charge is 0.341 e. The molecule has 3 heterocycles. The number of fused-ring (bicyclic) bond motifs is 3. The molecule has 4 fully saturated rings. The molecule has 110 valence electrons. The van der Waals surface area contributed by atoms with Gasteiger partial charge in [-0.25, -0.2) is 0 Å². The lowest BCUT2D eigenvalue weighted by atomic mass is 9.81. The minimum Gasteiger partial charge on any atom is -0.341 e. The van der Waals surface area contributed by atoms with Crippen molar-refractivity contribution < 1.29 is 9.47 Å². The van der Waals surface area contributed by atoms with Gasteiger partial charge in [0.1, 0.15) is 0 Å². The molecule has 0 amide bonds. The van der Waals surface area contributed by atoms with Crippen LogP contribution in [0.4, 0.5) is 0 Å². The fraction of sp³-hybridized carbons (Fsp3) is 1.00. The zero-order valence-corrected chi connectivity index (χ0v) is 13.4. The molecule has 3 atom stereocenters. The Hall–Kier alpha value is 0.270. The van der Waals surface area contributed by atoms with Gasteiger partial charge in [-0.3, -0.25) is 0 Å². The molecular formula is C16H28O2S. The third kappa shape index (κ3) is 2.71. The van der Waals surface area contributed by atoms with Crippen LogP contribution < -0.4 is 0 Å². The van der Waals surface area contributed by atoms with Gasteiger partial charge in [0.05, 0.1) is 12.7 Å². The van der Waals surface area contributed by atoms with E-state index in [9.17, 15) is 0 Å². The van der Waals surface area contributed by atoms with Crippen molar-refractivity contribution in [1.29, 1.82) is 0 Å². The first-order chi connectivity index (χ1) is 9.01.